The summed E-state index contributed by atoms with van der Waals surface area (Å²) in [4.78, 5) is 23.8. The van der Waals surface area contributed by atoms with Gasteiger partial charge >= 0.3 is 5.69 Å². The molecule has 0 bridgehead atoms. The molecule has 2 rings (SSSR count). The predicted molar refractivity (Wildman–Crippen MR) is 61.9 cm³/mol. The first-order valence-electron chi connectivity index (χ1n) is 5.52. The first-order chi connectivity index (χ1) is 9.02. The lowest BCUT2D eigenvalue weighted by Crippen LogP contribution is -2.36. The zero-order valence-electron chi connectivity index (χ0n) is 10.2. The van der Waals surface area contributed by atoms with Crippen molar-refractivity contribution in [3.63, 3.8) is 0 Å². The molecule has 1 aromatic heterocycles. The monoisotopic (exact) mass is 279 g/mol. The third-order valence-corrected chi connectivity index (χ3v) is 2.53. The molecule has 108 valence electrons. The van der Waals surface area contributed by atoms with Crippen molar-refractivity contribution in [3.05, 3.63) is 32.9 Å². The van der Waals surface area contributed by atoms with Gasteiger partial charge < -0.3 is 15.6 Å². The lowest BCUT2D eigenvalue weighted by Gasteiger charge is -2.15. The molecule has 0 spiro atoms. The summed E-state index contributed by atoms with van der Waals surface area (Å²) in [5.74, 6) is -1.20. The number of nitrogens with two attached hydrogens (primary N) is 1. The summed E-state index contributed by atoms with van der Waals surface area (Å²) >= 11 is 0. The molecule has 1 saturated heterocycles. The fraction of sp³-hybridized carbons (Fsp3) is 0.600. The summed E-state index contributed by atoms with van der Waals surface area (Å²) in [6.45, 7) is -0.391. The minimum absolute atomic E-state index is 0.0889. The third-order valence-electron chi connectivity index (χ3n) is 2.53. The molecule has 9 heteroatoms. The molecule has 0 aliphatic carbocycles. The van der Waals surface area contributed by atoms with Gasteiger partial charge in [-0.25, -0.2) is 9.18 Å². The van der Waals surface area contributed by atoms with Crippen LogP contribution in [0.5, 0.6) is 0 Å². The van der Waals surface area contributed by atoms with E-state index in [1.807, 2.05) is 0 Å². The Balaban J connectivity index is 0.000000861. The maximum absolute atomic E-state index is 13.5. The minimum atomic E-state index is -1.55. The minimum Gasteiger partial charge on any atom is -0.394 e. The van der Waals surface area contributed by atoms with E-state index in [4.69, 9.17) is 9.84 Å². The van der Waals surface area contributed by atoms with Crippen molar-refractivity contribution in [1.29, 1.82) is 0 Å². The lowest BCUT2D eigenvalue weighted by atomic mass is 10.2. The number of nitrogens with zero attached hydrogens (tertiary/aromatic N) is 1. The van der Waals surface area contributed by atoms with Gasteiger partial charge in [0.15, 0.2) is 6.23 Å². The molecule has 3 atom stereocenters. The Kier molecular flexibility index (Phi) is 5.33. The SMILES string of the molecule is CN.O=c1[nH]c(=O)n(C2OC(CO)CC2F)cc1F. The second-order valence-corrected chi connectivity index (χ2v) is 3.73. The molecule has 2 heterocycles. The number of nitrogens with one attached hydrogen (secondary N) is 1. The average Bonchev–Trinajstić information content (AvgIpc) is 2.77. The van der Waals surface area contributed by atoms with E-state index in [0.29, 0.717) is 10.8 Å². The number of aromatic amines is 1. The van der Waals surface area contributed by atoms with Gasteiger partial charge in [-0.15, -0.1) is 0 Å². The summed E-state index contributed by atoms with van der Waals surface area (Å²) in [6, 6.07) is 0. The van der Waals surface area contributed by atoms with Crippen LogP contribution in [0.15, 0.2) is 15.8 Å². The van der Waals surface area contributed by atoms with E-state index in [2.05, 4.69) is 5.73 Å². The van der Waals surface area contributed by atoms with Gasteiger partial charge in [-0.05, 0) is 7.05 Å². The fourth-order valence-electron chi connectivity index (χ4n) is 1.71. The van der Waals surface area contributed by atoms with E-state index >= 15 is 0 Å². The fourth-order valence-corrected chi connectivity index (χ4v) is 1.71. The van der Waals surface area contributed by atoms with Gasteiger partial charge in [0.25, 0.3) is 5.56 Å². The topological polar surface area (TPSA) is 110 Å². The van der Waals surface area contributed by atoms with Gasteiger partial charge in [-0.3, -0.25) is 14.3 Å². The van der Waals surface area contributed by atoms with Crippen molar-refractivity contribution in [1.82, 2.24) is 9.55 Å². The number of ether oxygens (including phenoxy) is 1. The summed E-state index contributed by atoms with van der Waals surface area (Å²) in [5.41, 5.74) is 2.38. The maximum atomic E-state index is 13.5. The van der Waals surface area contributed by atoms with Crippen LogP contribution in [0.25, 0.3) is 0 Å². The van der Waals surface area contributed by atoms with Crippen LogP contribution < -0.4 is 17.0 Å². The van der Waals surface area contributed by atoms with Crippen LogP contribution in [0.2, 0.25) is 0 Å². The molecule has 1 aliphatic heterocycles. The second kappa shape index (κ2) is 6.55. The van der Waals surface area contributed by atoms with Gasteiger partial charge in [0.2, 0.25) is 5.82 Å². The van der Waals surface area contributed by atoms with Gasteiger partial charge in [-0.1, -0.05) is 0 Å². The zero-order valence-corrected chi connectivity index (χ0v) is 10.2. The van der Waals surface area contributed by atoms with E-state index in [1.165, 1.54) is 7.05 Å². The standard InChI is InChI=1S/C9H10F2N2O4.CH5N/c10-5-1-4(3-14)17-8(5)13-2-6(11)7(15)12-9(13)16;1-2/h2,4-5,8,14H,1,3H2,(H,12,15,16);2H2,1H3. The van der Waals surface area contributed by atoms with Crippen LogP contribution >= 0.6 is 0 Å². The highest BCUT2D eigenvalue weighted by Crippen LogP contribution is 2.29. The van der Waals surface area contributed by atoms with Crippen LogP contribution in [0, 0.1) is 5.82 Å². The Morgan fingerprint density at radius 2 is 2.21 bits per heavy atom. The molecule has 3 unspecified atom stereocenters. The van der Waals surface area contributed by atoms with Gasteiger partial charge in [0.05, 0.1) is 18.9 Å². The average molecular weight is 279 g/mol. The van der Waals surface area contributed by atoms with Crippen LogP contribution in [0.4, 0.5) is 8.78 Å². The van der Waals surface area contributed by atoms with E-state index in [0.717, 1.165) is 0 Å². The highest BCUT2D eigenvalue weighted by atomic mass is 19.1. The van der Waals surface area contributed by atoms with Crippen LogP contribution in [0.3, 0.4) is 0 Å². The number of aliphatic hydroxyl groups excluding tert-OH is 1. The largest absolute Gasteiger partial charge is 0.394 e. The maximum Gasteiger partial charge on any atom is 0.330 e. The Morgan fingerprint density at radius 3 is 2.74 bits per heavy atom. The Bertz CT molecular complexity index is 530. The molecule has 0 amide bonds. The number of halogens is 2. The van der Waals surface area contributed by atoms with Crippen molar-refractivity contribution < 1.29 is 18.6 Å². The Hall–Kier alpha value is -1.58. The van der Waals surface area contributed by atoms with E-state index in [1.54, 1.807) is 4.98 Å². The summed E-state index contributed by atoms with van der Waals surface area (Å²) in [5, 5.41) is 8.81. The number of hydrogen-bond donors (Lipinski definition) is 3. The molecule has 4 N–H and O–H groups in total. The molecule has 0 saturated carbocycles. The highest BCUT2D eigenvalue weighted by Gasteiger charge is 2.37. The molecular weight excluding hydrogens is 264 g/mol. The number of hydrogen-bond acceptors (Lipinski definition) is 5. The number of aliphatic hydroxyl groups is 1. The predicted octanol–water partition coefficient (Wildman–Crippen LogP) is -1.13. The molecule has 0 aromatic carbocycles. The molecule has 0 radical (unpaired) electrons. The van der Waals surface area contributed by atoms with E-state index < -0.39 is 42.2 Å². The van der Waals surface area contributed by atoms with Crippen molar-refractivity contribution in [2.24, 2.45) is 5.73 Å². The van der Waals surface area contributed by atoms with Crippen molar-refractivity contribution >= 4 is 0 Å². The highest BCUT2D eigenvalue weighted by molar-refractivity contribution is 4.91. The molecular formula is C10H15F2N3O4. The van der Waals surface area contributed by atoms with Crippen LogP contribution in [-0.4, -0.2) is 40.6 Å². The van der Waals surface area contributed by atoms with Gasteiger partial charge in [0, 0.05) is 6.42 Å². The smallest absolute Gasteiger partial charge is 0.330 e. The van der Waals surface area contributed by atoms with Gasteiger partial charge in [-0.2, -0.15) is 4.39 Å². The second-order valence-electron chi connectivity index (χ2n) is 3.73. The molecule has 19 heavy (non-hydrogen) atoms. The Morgan fingerprint density at radius 1 is 1.58 bits per heavy atom. The zero-order chi connectivity index (χ0) is 14.6. The molecule has 1 aliphatic rings. The van der Waals surface area contributed by atoms with Crippen LogP contribution in [-0.2, 0) is 4.74 Å². The summed E-state index contributed by atoms with van der Waals surface area (Å²) in [6.07, 6.45) is -3.11. The molecule has 1 fully saturated rings. The van der Waals surface area contributed by atoms with Crippen LogP contribution in [0.1, 0.15) is 12.6 Å². The van der Waals surface area contributed by atoms with Crippen molar-refractivity contribution in [2.75, 3.05) is 13.7 Å². The van der Waals surface area contributed by atoms with Crippen molar-refractivity contribution in [2.45, 2.75) is 24.9 Å². The van der Waals surface area contributed by atoms with E-state index in [-0.39, 0.29) is 6.42 Å². The number of rotatable bonds is 2. The summed E-state index contributed by atoms with van der Waals surface area (Å²) < 4.78 is 32.2. The van der Waals surface area contributed by atoms with E-state index in [9.17, 15) is 18.4 Å². The van der Waals surface area contributed by atoms with Gasteiger partial charge in [0.1, 0.15) is 6.17 Å². The number of H-pyrrole nitrogens is 1. The quantitative estimate of drug-likeness (QED) is 0.634. The third kappa shape index (κ3) is 3.25. The number of alkyl halides is 1. The van der Waals surface area contributed by atoms with Crippen molar-refractivity contribution in [3.8, 4) is 0 Å². The normalized spacial score (nSPS) is 25.8. The molecule has 1 aromatic rings. The first kappa shape index (κ1) is 15.5. The first-order valence-corrected chi connectivity index (χ1v) is 5.52. The summed E-state index contributed by atoms with van der Waals surface area (Å²) in [7, 11) is 1.50. The Labute approximate surface area is 106 Å². The number of aromatic nitrogens is 2. The molecule has 7 nitrogen and oxygen atoms in total. The lowest BCUT2D eigenvalue weighted by molar-refractivity contribution is -0.0399.